The zero-order valence-corrected chi connectivity index (χ0v) is 19.6. The van der Waals surface area contributed by atoms with E-state index in [9.17, 15) is 19.7 Å². The van der Waals surface area contributed by atoms with E-state index in [-0.39, 0.29) is 35.0 Å². The second kappa shape index (κ2) is 9.70. The van der Waals surface area contributed by atoms with E-state index in [0.29, 0.717) is 48.9 Å². The predicted molar refractivity (Wildman–Crippen MR) is 127 cm³/mol. The summed E-state index contributed by atoms with van der Waals surface area (Å²) in [5.41, 5.74) is 1.40. The largest absolute Gasteiger partial charge is 0.493 e. The molecule has 180 valence electrons. The van der Waals surface area contributed by atoms with Crippen molar-refractivity contribution in [1.82, 2.24) is 0 Å². The molecule has 1 saturated heterocycles. The third-order valence-electron chi connectivity index (χ3n) is 6.80. The maximum atomic E-state index is 13.0. The number of nitro benzene ring substituents is 1. The minimum Gasteiger partial charge on any atom is -0.493 e. The molecule has 0 unspecified atom stereocenters. The lowest BCUT2D eigenvalue weighted by Gasteiger charge is -2.25. The molecule has 2 aromatic rings. The SMILES string of the molecule is COc1ccc(CCNc2ccc(N3C(=O)[C@@H]4CC[C@H](C)C[C@H]4C3=O)cc2[N+](=O)[O-])cc1OC. The van der Waals surface area contributed by atoms with Gasteiger partial charge in [-0.2, -0.15) is 0 Å². The van der Waals surface area contributed by atoms with Gasteiger partial charge in [0, 0.05) is 12.6 Å². The quantitative estimate of drug-likeness (QED) is 0.352. The van der Waals surface area contributed by atoms with Crippen LogP contribution in [-0.4, -0.2) is 37.5 Å². The van der Waals surface area contributed by atoms with Gasteiger partial charge in [-0.1, -0.05) is 13.0 Å². The molecule has 1 aliphatic heterocycles. The molecule has 3 atom stereocenters. The van der Waals surface area contributed by atoms with Gasteiger partial charge in [0.25, 0.3) is 5.69 Å². The first-order valence-corrected chi connectivity index (χ1v) is 11.4. The lowest BCUT2D eigenvalue weighted by molar-refractivity contribution is -0.383. The number of rotatable bonds is 8. The Bertz CT molecular complexity index is 1120. The van der Waals surface area contributed by atoms with E-state index in [1.165, 1.54) is 6.07 Å². The van der Waals surface area contributed by atoms with Crippen molar-refractivity contribution in [3.63, 3.8) is 0 Å². The molecule has 9 heteroatoms. The fourth-order valence-corrected chi connectivity index (χ4v) is 4.98. The van der Waals surface area contributed by atoms with Crippen molar-refractivity contribution in [2.75, 3.05) is 31.0 Å². The number of nitrogens with one attached hydrogen (secondary N) is 1. The first-order valence-electron chi connectivity index (χ1n) is 11.4. The maximum Gasteiger partial charge on any atom is 0.294 e. The molecule has 0 bridgehead atoms. The van der Waals surface area contributed by atoms with Crippen LogP contribution in [0.5, 0.6) is 11.5 Å². The van der Waals surface area contributed by atoms with Crippen molar-refractivity contribution in [1.29, 1.82) is 0 Å². The second-order valence-corrected chi connectivity index (χ2v) is 8.97. The Kier molecular flexibility index (Phi) is 6.72. The van der Waals surface area contributed by atoms with Crippen molar-refractivity contribution in [2.24, 2.45) is 17.8 Å². The van der Waals surface area contributed by atoms with Gasteiger partial charge >= 0.3 is 0 Å². The number of anilines is 2. The summed E-state index contributed by atoms with van der Waals surface area (Å²) in [5.74, 6) is 0.507. The molecule has 2 aliphatic rings. The molecule has 0 spiro atoms. The van der Waals surface area contributed by atoms with E-state index in [1.54, 1.807) is 26.4 Å². The van der Waals surface area contributed by atoms with Crippen LogP contribution < -0.4 is 19.7 Å². The summed E-state index contributed by atoms with van der Waals surface area (Å²) in [6.07, 6.45) is 2.88. The number of hydrogen-bond donors (Lipinski definition) is 1. The van der Waals surface area contributed by atoms with Crippen molar-refractivity contribution in [2.45, 2.75) is 32.6 Å². The van der Waals surface area contributed by atoms with Crippen LogP contribution in [0.15, 0.2) is 36.4 Å². The standard InChI is InChI=1S/C25H29N3O6/c1-15-4-7-18-19(12-15)25(30)27(24(18)29)17-6-8-20(21(14-17)28(31)32)26-11-10-16-5-9-22(33-2)23(13-16)34-3/h5-6,8-9,13-15,18-19,26H,4,7,10-12H2,1-3H3/t15-,18+,19+/m0/s1. The van der Waals surface area contributed by atoms with Gasteiger partial charge in [0.1, 0.15) is 5.69 Å². The fraction of sp³-hybridized carbons (Fsp3) is 0.440. The van der Waals surface area contributed by atoms with Gasteiger partial charge < -0.3 is 14.8 Å². The van der Waals surface area contributed by atoms with Crippen molar-refractivity contribution in [3.05, 3.63) is 52.1 Å². The summed E-state index contributed by atoms with van der Waals surface area (Å²) in [7, 11) is 3.13. The summed E-state index contributed by atoms with van der Waals surface area (Å²) < 4.78 is 10.6. The molecular weight excluding hydrogens is 438 g/mol. The number of ether oxygens (including phenoxy) is 2. The average molecular weight is 468 g/mol. The number of carbonyl (C=O) groups is 2. The summed E-state index contributed by atoms with van der Waals surface area (Å²) in [4.78, 5) is 38.4. The molecular formula is C25H29N3O6. The van der Waals surface area contributed by atoms with E-state index < -0.39 is 4.92 Å². The Balaban J connectivity index is 1.50. The number of nitro groups is 1. The highest BCUT2D eigenvalue weighted by atomic mass is 16.6. The van der Waals surface area contributed by atoms with Crippen molar-refractivity contribution < 1.29 is 24.0 Å². The topological polar surface area (TPSA) is 111 Å². The van der Waals surface area contributed by atoms with Gasteiger partial charge in [0.2, 0.25) is 11.8 Å². The highest BCUT2D eigenvalue weighted by Crippen LogP contribution is 2.43. The molecule has 1 N–H and O–H groups in total. The van der Waals surface area contributed by atoms with Gasteiger partial charge in [-0.3, -0.25) is 19.7 Å². The third-order valence-corrected chi connectivity index (χ3v) is 6.80. The lowest BCUT2D eigenvalue weighted by atomic mass is 9.76. The van der Waals surface area contributed by atoms with E-state index in [2.05, 4.69) is 12.2 Å². The van der Waals surface area contributed by atoms with Gasteiger partial charge in [-0.15, -0.1) is 0 Å². The molecule has 1 aliphatic carbocycles. The average Bonchev–Trinajstić information content (AvgIpc) is 3.08. The minimum atomic E-state index is -0.498. The van der Waals surface area contributed by atoms with Crippen LogP contribution in [0.3, 0.4) is 0 Å². The van der Waals surface area contributed by atoms with Gasteiger partial charge in [0.05, 0.1) is 36.7 Å². The minimum absolute atomic E-state index is 0.173. The number of amides is 2. The summed E-state index contributed by atoms with van der Waals surface area (Å²) in [6.45, 7) is 2.53. The van der Waals surface area contributed by atoms with E-state index in [0.717, 1.165) is 16.9 Å². The van der Waals surface area contributed by atoms with Crippen molar-refractivity contribution in [3.8, 4) is 11.5 Å². The molecule has 9 nitrogen and oxygen atoms in total. The summed E-state index contributed by atoms with van der Waals surface area (Å²) >= 11 is 0. The van der Waals surface area contributed by atoms with Crippen LogP contribution in [0.25, 0.3) is 0 Å². The number of nitrogens with zero attached hydrogens (tertiary/aromatic N) is 2. The molecule has 2 fully saturated rings. The van der Waals surface area contributed by atoms with Gasteiger partial charge in [0.15, 0.2) is 11.5 Å². The van der Waals surface area contributed by atoms with E-state index in [1.807, 2.05) is 18.2 Å². The maximum absolute atomic E-state index is 13.0. The number of benzene rings is 2. The zero-order valence-electron chi connectivity index (χ0n) is 19.6. The van der Waals surface area contributed by atoms with Crippen LogP contribution in [0.2, 0.25) is 0 Å². The van der Waals surface area contributed by atoms with Crippen LogP contribution >= 0.6 is 0 Å². The summed E-state index contributed by atoms with van der Waals surface area (Å²) in [5, 5.41) is 14.9. The monoisotopic (exact) mass is 467 g/mol. The number of imide groups is 1. The third kappa shape index (κ3) is 4.42. The van der Waals surface area contributed by atoms with Crippen molar-refractivity contribution >= 4 is 28.9 Å². The molecule has 4 rings (SSSR count). The highest BCUT2D eigenvalue weighted by Gasteiger charge is 2.50. The first kappa shape index (κ1) is 23.5. The fourth-order valence-electron chi connectivity index (χ4n) is 4.98. The molecule has 1 saturated carbocycles. The molecule has 1 heterocycles. The van der Waals surface area contributed by atoms with E-state index >= 15 is 0 Å². The number of hydrogen-bond acceptors (Lipinski definition) is 7. The Morgan fingerprint density at radius 3 is 2.47 bits per heavy atom. The number of carbonyl (C=O) groups excluding carboxylic acids is 2. The molecule has 2 amide bonds. The number of fused-ring (bicyclic) bond motifs is 1. The molecule has 34 heavy (non-hydrogen) atoms. The predicted octanol–water partition coefficient (Wildman–Crippen LogP) is 4.19. The second-order valence-electron chi connectivity index (χ2n) is 8.97. The zero-order chi connectivity index (χ0) is 24.4. The highest BCUT2D eigenvalue weighted by molar-refractivity contribution is 6.22. The van der Waals surface area contributed by atoms with Crippen LogP contribution in [-0.2, 0) is 16.0 Å². The van der Waals surface area contributed by atoms with Crippen LogP contribution in [0.4, 0.5) is 17.1 Å². The van der Waals surface area contributed by atoms with Crippen LogP contribution in [0.1, 0.15) is 31.7 Å². The Morgan fingerprint density at radius 2 is 1.76 bits per heavy atom. The Hall–Kier alpha value is -3.62. The van der Waals surface area contributed by atoms with Gasteiger partial charge in [-0.05, 0) is 61.4 Å². The summed E-state index contributed by atoms with van der Waals surface area (Å²) in [6, 6.07) is 10.1. The van der Waals surface area contributed by atoms with E-state index in [4.69, 9.17) is 9.47 Å². The lowest BCUT2D eigenvalue weighted by Crippen LogP contribution is -2.31. The molecule has 0 radical (unpaired) electrons. The Morgan fingerprint density at radius 1 is 1.03 bits per heavy atom. The number of methoxy groups -OCH3 is 2. The smallest absolute Gasteiger partial charge is 0.294 e. The molecule has 2 aromatic carbocycles. The Labute approximate surface area is 198 Å². The van der Waals surface area contributed by atoms with Gasteiger partial charge in [-0.25, -0.2) is 4.90 Å². The first-order chi connectivity index (χ1) is 16.3. The van der Waals surface area contributed by atoms with Crippen LogP contribution in [0, 0.1) is 27.9 Å². The normalized spacial score (nSPS) is 21.9. The molecule has 0 aromatic heterocycles.